The first kappa shape index (κ1) is 22.9. The molecule has 4 rings (SSSR count). The Hall–Kier alpha value is -1.31. The van der Waals surface area contributed by atoms with Crippen molar-refractivity contribution < 1.29 is 9.53 Å². The summed E-state index contributed by atoms with van der Waals surface area (Å²) in [6.07, 6.45) is 11.2. The van der Waals surface area contributed by atoms with Crippen LogP contribution < -0.4 is 0 Å². The molecule has 0 unspecified atom stereocenters. The molecular weight excluding hydrogens is 380 g/mol. The van der Waals surface area contributed by atoms with Gasteiger partial charge in [-0.2, -0.15) is 0 Å². The summed E-state index contributed by atoms with van der Waals surface area (Å²) in [6, 6.07) is 4.83. The van der Waals surface area contributed by atoms with Crippen molar-refractivity contribution in [3.05, 3.63) is 34.4 Å². The molecule has 31 heavy (non-hydrogen) atoms. The minimum Gasteiger partial charge on any atom is -0.462 e. The van der Waals surface area contributed by atoms with Crippen LogP contribution in [-0.4, -0.2) is 12.1 Å². The third-order valence-corrected chi connectivity index (χ3v) is 9.66. The van der Waals surface area contributed by atoms with Gasteiger partial charge in [0.15, 0.2) is 0 Å². The number of esters is 1. The average molecular weight is 425 g/mol. The summed E-state index contributed by atoms with van der Waals surface area (Å²) in [5, 5.41) is 0. The average Bonchev–Trinajstić information content (AvgIpc) is 3.08. The van der Waals surface area contributed by atoms with E-state index in [1.165, 1.54) is 51.0 Å². The van der Waals surface area contributed by atoms with Crippen molar-refractivity contribution in [1.29, 1.82) is 0 Å². The SMILES string of the molecule is CC(=O)O[C@@H]1CCc2c(ccc3c2CC[C@]2(C)[C@@H]3CC[C@@H]2[C@H](C)CC[C@H](C)C(C)C)C1. The maximum Gasteiger partial charge on any atom is 0.302 e. The zero-order chi connectivity index (χ0) is 22.3. The second kappa shape index (κ2) is 8.91. The number of benzene rings is 1. The quantitative estimate of drug-likeness (QED) is 0.449. The molecule has 1 fully saturated rings. The van der Waals surface area contributed by atoms with Gasteiger partial charge in [-0.1, -0.05) is 59.6 Å². The molecule has 0 bridgehead atoms. The summed E-state index contributed by atoms with van der Waals surface area (Å²) in [5.41, 5.74) is 6.85. The topological polar surface area (TPSA) is 26.3 Å². The monoisotopic (exact) mass is 424 g/mol. The molecule has 3 aliphatic rings. The Morgan fingerprint density at radius 2 is 1.84 bits per heavy atom. The number of rotatable bonds is 6. The van der Waals surface area contributed by atoms with E-state index in [1.54, 1.807) is 16.7 Å². The fraction of sp³-hybridized carbons (Fsp3) is 0.759. The van der Waals surface area contributed by atoms with Gasteiger partial charge in [0.25, 0.3) is 0 Å². The zero-order valence-corrected chi connectivity index (χ0v) is 20.8. The van der Waals surface area contributed by atoms with Crippen LogP contribution in [0.15, 0.2) is 12.1 Å². The maximum absolute atomic E-state index is 11.4. The van der Waals surface area contributed by atoms with E-state index in [1.807, 2.05) is 0 Å². The van der Waals surface area contributed by atoms with Crippen LogP contribution >= 0.6 is 0 Å². The smallest absolute Gasteiger partial charge is 0.302 e. The van der Waals surface area contributed by atoms with Crippen molar-refractivity contribution in [2.24, 2.45) is 29.1 Å². The van der Waals surface area contributed by atoms with Crippen LogP contribution in [0.5, 0.6) is 0 Å². The lowest BCUT2D eigenvalue weighted by atomic mass is 9.59. The van der Waals surface area contributed by atoms with Crippen molar-refractivity contribution in [3.8, 4) is 0 Å². The fourth-order valence-corrected chi connectivity index (χ4v) is 7.40. The molecule has 0 heterocycles. The zero-order valence-electron chi connectivity index (χ0n) is 20.8. The molecule has 0 amide bonds. The number of hydrogen-bond acceptors (Lipinski definition) is 2. The van der Waals surface area contributed by atoms with Gasteiger partial charge in [-0.05, 0) is 95.8 Å². The number of fused-ring (bicyclic) bond motifs is 5. The Morgan fingerprint density at radius 3 is 2.55 bits per heavy atom. The van der Waals surface area contributed by atoms with Crippen LogP contribution in [0.25, 0.3) is 0 Å². The van der Waals surface area contributed by atoms with Crippen LogP contribution in [0, 0.1) is 29.1 Å². The highest BCUT2D eigenvalue weighted by atomic mass is 16.5. The molecule has 0 saturated heterocycles. The lowest BCUT2D eigenvalue weighted by molar-refractivity contribution is -0.146. The van der Waals surface area contributed by atoms with E-state index in [4.69, 9.17) is 4.74 Å². The van der Waals surface area contributed by atoms with E-state index >= 15 is 0 Å². The fourth-order valence-electron chi connectivity index (χ4n) is 7.40. The van der Waals surface area contributed by atoms with Gasteiger partial charge in [-0.15, -0.1) is 0 Å². The Bertz CT molecular complexity index is 809. The van der Waals surface area contributed by atoms with Gasteiger partial charge in [0, 0.05) is 13.3 Å². The summed E-state index contributed by atoms with van der Waals surface area (Å²) in [7, 11) is 0. The second-order valence-electron chi connectivity index (χ2n) is 11.8. The summed E-state index contributed by atoms with van der Waals surface area (Å²) in [5.74, 6) is 3.93. The molecule has 172 valence electrons. The highest BCUT2D eigenvalue weighted by Gasteiger charge is 2.51. The van der Waals surface area contributed by atoms with Crippen molar-refractivity contribution in [2.45, 2.75) is 111 Å². The van der Waals surface area contributed by atoms with E-state index in [-0.39, 0.29) is 12.1 Å². The molecule has 6 atom stereocenters. The predicted molar refractivity (Wildman–Crippen MR) is 128 cm³/mol. The molecule has 0 N–H and O–H groups in total. The van der Waals surface area contributed by atoms with E-state index < -0.39 is 0 Å². The molecule has 0 spiro atoms. The van der Waals surface area contributed by atoms with Crippen molar-refractivity contribution in [3.63, 3.8) is 0 Å². The number of carbonyl (C=O) groups is 1. The molecular formula is C29H44O2. The van der Waals surface area contributed by atoms with E-state index in [9.17, 15) is 4.79 Å². The van der Waals surface area contributed by atoms with Crippen molar-refractivity contribution >= 4 is 5.97 Å². The third kappa shape index (κ3) is 4.33. The van der Waals surface area contributed by atoms with Crippen molar-refractivity contribution in [2.75, 3.05) is 0 Å². The molecule has 1 aromatic carbocycles. The molecule has 1 aromatic rings. The minimum absolute atomic E-state index is 0.0712. The number of ether oxygens (including phenoxy) is 1. The highest BCUT2D eigenvalue weighted by molar-refractivity contribution is 5.66. The Morgan fingerprint density at radius 1 is 1.06 bits per heavy atom. The first-order valence-corrected chi connectivity index (χ1v) is 13.0. The van der Waals surface area contributed by atoms with Crippen LogP contribution in [-0.2, 0) is 28.8 Å². The Labute approximate surface area is 190 Å². The van der Waals surface area contributed by atoms with E-state index in [2.05, 4.69) is 46.8 Å². The molecule has 2 nitrogen and oxygen atoms in total. The summed E-state index contributed by atoms with van der Waals surface area (Å²) in [6.45, 7) is 13.9. The van der Waals surface area contributed by atoms with Gasteiger partial charge < -0.3 is 4.74 Å². The van der Waals surface area contributed by atoms with Gasteiger partial charge in [0.1, 0.15) is 6.10 Å². The maximum atomic E-state index is 11.4. The predicted octanol–water partition coefficient (Wildman–Crippen LogP) is 7.26. The molecule has 1 saturated carbocycles. The van der Waals surface area contributed by atoms with Crippen molar-refractivity contribution in [1.82, 2.24) is 0 Å². The second-order valence-corrected chi connectivity index (χ2v) is 11.8. The summed E-state index contributed by atoms with van der Waals surface area (Å²) >= 11 is 0. The van der Waals surface area contributed by atoms with Gasteiger partial charge in [0.2, 0.25) is 0 Å². The molecule has 0 aliphatic heterocycles. The van der Waals surface area contributed by atoms with Gasteiger partial charge >= 0.3 is 5.97 Å². The standard InChI is InChI=1S/C29H44O2/c1-18(2)19(3)7-8-20(4)27-13-14-28-26-11-9-22-17-23(31-21(5)30)10-12-24(22)25(26)15-16-29(27,28)6/h9,11,18-20,23,27-28H,7-8,10,12-17H2,1-6H3/t19-,20+,23+,27+,28+,29-/m0/s1. The van der Waals surface area contributed by atoms with Gasteiger partial charge in [-0.3, -0.25) is 4.79 Å². The van der Waals surface area contributed by atoms with E-state index in [0.29, 0.717) is 5.41 Å². The lowest BCUT2D eigenvalue weighted by Gasteiger charge is -2.45. The van der Waals surface area contributed by atoms with Gasteiger partial charge in [0.05, 0.1) is 0 Å². The normalized spacial score (nSPS) is 31.5. The number of hydrogen-bond donors (Lipinski definition) is 0. The minimum atomic E-state index is -0.143. The molecule has 3 aliphatic carbocycles. The van der Waals surface area contributed by atoms with Crippen LogP contribution in [0.4, 0.5) is 0 Å². The molecule has 0 radical (unpaired) electrons. The van der Waals surface area contributed by atoms with Crippen LogP contribution in [0.2, 0.25) is 0 Å². The van der Waals surface area contributed by atoms with Gasteiger partial charge in [-0.25, -0.2) is 0 Å². The highest BCUT2D eigenvalue weighted by Crippen LogP contribution is 2.61. The number of carbonyl (C=O) groups excluding carboxylic acids is 1. The molecule has 2 heteroatoms. The third-order valence-electron chi connectivity index (χ3n) is 9.66. The van der Waals surface area contributed by atoms with Crippen LogP contribution in [0.3, 0.4) is 0 Å². The van der Waals surface area contributed by atoms with E-state index in [0.717, 1.165) is 48.9 Å². The van der Waals surface area contributed by atoms with Crippen LogP contribution in [0.1, 0.15) is 108 Å². The largest absolute Gasteiger partial charge is 0.462 e. The Balaban J connectivity index is 1.51. The lowest BCUT2D eigenvalue weighted by Crippen LogP contribution is -2.36. The first-order chi connectivity index (χ1) is 14.7. The summed E-state index contributed by atoms with van der Waals surface area (Å²) < 4.78 is 5.53. The molecule has 0 aromatic heterocycles. The Kier molecular flexibility index (Phi) is 6.57. The first-order valence-electron chi connectivity index (χ1n) is 13.0. The summed E-state index contributed by atoms with van der Waals surface area (Å²) in [4.78, 5) is 11.4.